The maximum atomic E-state index is 9.51. The summed E-state index contributed by atoms with van der Waals surface area (Å²) < 4.78 is 11.2. The average molecular weight is 291 g/mol. The van der Waals surface area contributed by atoms with E-state index in [0.29, 0.717) is 12.0 Å². The second kappa shape index (κ2) is 6.67. The molecule has 0 amide bonds. The molecule has 1 aliphatic carbocycles. The Kier molecular flexibility index (Phi) is 4.66. The highest BCUT2D eigenvalue weighted by Crippen LogP contribution is 2.36. The Hall–Kier alpha value is -1.26. The van der Waals surface area contributed by atoms with Crippen molar-refractivity contribution in [3.63, 3.8) is 0 Å². The molecule has 1 aromatic carbocycles. The molecule has 3 unspecified atom stereocenters. The van der Waals surface area contributed by atoms with Gasteiger partial charge in [-0.15, -0.1) is 0 Å². The van der Waals surface area contributed by atoms with Crippen molar-refractivity contribution >= 4 is 0 Å². The van der Waals surface area contributed by atoms with E-state index in [4.69, 9.17) is 9.47 Å². The molecule has 1 aromatic rings. The number of benzene rings is 1. The summed E-state index contributed by atoms with van der Waals surface area (Å²) in [5, 5.41) is 13.3. The van der Waals surface area contributed by atoms with E-state index >= 15 is 0 Å². The molecular formula is C17H25NO3. The third kappa shape index (κ3) is 3.16. The number of hydrogen-bond donors (Lipinski definition) is 2. The van der Waals surface area contributed by atoms with E-state index in [1.807, 2.05) is 12.1 Å². The summed E-state index contributed by atoms with van der Waals surface area (Å²) >= 11 is 0. The largest absolute Gasteiger partial charge is 0.497 e. The fraction of sp³-hybridized carbons (Fsp3) is 0.647. The quantitative estimate of drug-likeness (QED) is 0.895. The zero-order valence-corrected chi connectivity index (χ0v) is 12.7. The molecule has 1 aliphatic heterocycles. The van der Waals surface area contributed by atoms with Crippen molar-refractivity contribution in [3.8, 4) is 11.5 Å². The van der Waals surface area contributed by atoms with Gasteiger partial charge in [-0.1, -0.05) is 6.42 Å². The summed E-state index contributed by atoms with van der Waals surface area (Å²) in [4.78, 5) is 0. The van der Waals surface area contributed by atoms with Crippen LogP contribution in [-0.2, 0) is 0 Å². The maximum absolute atomic E-state index is 9.51. The van der Waals surface area contributed by atoms with E-state index < -0.39 is 0 Å². The Morgan fingerprint density at radius 3 is 3.00 bits per heavy atom. The monoisotopic (exact) mass is 291 g/mol. The van der Waals surface area contributed by atoms with Gasteiger partial charge in [-0.05, 0) is 49.8 Å². The third-order valence-corrected chi connectivity index (χ3v) is 4.80. The number of hydrogen-bond acceptors (Lipinski definition) is 4. The Balaban J connectivity index is 1.82. The molecule has 3 rings (SSSR count). The van der Waals surface area contributed by atoms with Gasteiger partial charge in [0.15, 0.2) is 0 Å². The molecule has 1 heterocycles. The highest BCUT2D eigenvalue weighted by Gasteiger charge is 2.30. The minimum atomic E-state index is 0.284. The van der Waals surface area contributed by atoms with Crippen molar-refractivity contribution in [1.29, 1.82) is 0 Å². The number of fused-ring (bicyclic) bond motifs is 1. The number of methoxy groups -OCH3 is 1. The van der Waals surface area contributed by atoms with Crippen molar-refractivity contribution in [3.05, 3.63) is 23.8 Å². The van der Waals surface area contributed by atoms with Gasteiger partial charge in [0.1, 0.15) is 11.5 Å². The first kappa shape index (κ1) is 14.7. The van der Waals surface area contributed by atoms with Gasteiger partial charge in [0.05, 0.1) is 13.7 Å². The third-order valence-electron chi connectivity index (χ3n) is 4.80. The van der Waals surface area contributed by atoms with Crippen LogP contribution in [0.15, 0.2) is 18.2 Å². The Morgan fingerprint density at radius 2 is 2.19 bits per heavy atom. The highest BCUT2D eigenvalue weighted by atomic mass is 16.5. The Morgan fingerprint density at radius 1 is 1.29 bits per heavy atom. The fourth-order valence-electron chi connectivity index (χ4n) is 3.59. The van der Waals surface area contributed by atoms with Crippen LogP contribution < -0.4 is 14.8 Å². The Labute approximate surface area is 126 Å². The molecule has 3 atom stereocenters. The van der Waals surface area contributed by atoms with Crippen LogP contribution >= 0.6 is 0 Å². The van der Waals surface area contributed by atoms with Crippen molar-refractivity contribution in [2.24, 2.45) is 5.92 Å². The second-order valence-electron chi connectivity index (χ2n) is 6.09. The summed E-state index contributed by atoms with van der Waals surface area (Å²) in [6.07, 6.45) is 5.60. The van der Waals surface area contributed by atoms with Gasteiger partial charge in [0.2, 0.25) is 0 Å². The van der Waals surface area contributed by atoms with E-state index in [-0.39, 0.29) is 12.6 Å². The van der Waals surface area contributed by atoms with Gasteiger partial charge < -0.3 is 19.9 Å². The van der Waals surface area contributed by atoms with Crippen molar-refractivity contribution in [2.45, 2.75) is 44.2 Å². The van der Waals surface area contributed by atoms with E-state index in [1.54, 1.807) is 7.11 Å². The van der Waals surface area contributed by atoms with Gasteiger partial charge in [-0.25, -0.2) is 0 Å². The predicted molar refractivity (Wildman–Crippen MR) is 81.8 cm³/mol. The van der Waals surface area contributed by atoms with Gasteiger partial charge in [-0.2, -0.15) is 0 Å². The number of nitrogens with one attached hydrogen (secondary N) is 1. The molecule has 0 bridgehead atoms. The predicted octanol–water partition coefficient (Wildman–Crippen LogP) is 2.66. The molecule has 116 valence electrons. The molecule has 0 radical (unpaired) electrons. The fourth-order valence-corrected chi connectivity index (χ4v) is 3.59. The lowest BCUT2D eigenvalue weighted by molar-refractivity contribution is 0.198. The SMILES string of the molecule is COc1ccc2c(c1)C(NC1CCCC1CO)CCCO2. The molecular weight excluding hydrogens is 266 g/mol. The minimum Gasteiger partial charge on any atom is -0.497 e. The molecule has 1 fully saturated rings. The molecule has 21 heavy (non-hydrogen) atoms. The van der Waals surface area contributed by atoms with Gasteiger partial charge in [0, 0.05) is 24.3 Å². The van der Waals surface area contributed by atoms with Gasteiger partial charge in [0.25, 0.3) is 0 Å². The molecule has 1 saturated carbocycles. The smallest absolute Gasteiger partial charge is 0.124 e. The lowest BCUT2D eigenvalue weighted by Gasteiger charge is -2.26. The van der Waals surface area contributed by atoms with Crippen LogP contribution in [0.3, 0.4) is 0 Å². The zero-order valence-electron chi connectivity index (χ0n) is 12.7. The van der Waals surface area contributed by atoms with E-state index in [9.17, 15) is 5.11 Å². The first-order valence-electron chi connectivity index (χ1n) is 7.99. The van der Waals surface area contributed by atoms with Crippen LogP contribution in [0.25, 0.3) is 0 Å². The molecule has 0 spiro atoms. The summed E-state index contributed by atoms with van der Waals surface area (Å²) in [5.41, 5.74) is 1.19. The first-order chi connectivity index (χ1) is 10.3. The van der Waals surface area contributed by atoms with Crippen LogP contribution in [0.5, 0.6) is 11.5 Å². The van der Waals surface area contributed by atoms with Gasteiger partial charge in [-0.3, -0.25) is 0 Å². The lowest BCUT2D eigenvalue weighted by atomic mass is 9.97. The normalized spacial score (nSPS) is 28.6. The lowest BCUT2D eigenvalue weighted by Crippen LogP contribution is -2.36. The molecule has 0 aromatic heterocycles. The highest BCUT2D eigenvalue weighted by molar-refractivity contribution is 5.42. The summed E-state index contributed by atoms with van der Waals surface area (Å²) in [6, 6.07) is 6.74. The number of rotatable bonds is 4. The van der Waals surface area contributed by atoms with Crippen molar-refractivity contribution in [2.75, 3.05) is 20.3 Å². The van der Waals surface area contributed by atoms with E-state index in [1.165, 1.54) is 12.0 Å². The summed E-state index contributed by atoms with van der Waals surface area (Å²) in [6.45, 7) is 1.05. The van der Waals surface area contributed by atoms with E-state index in [0.717, 1.165) is 43.8 Å². The summed E-state index contributed by atoms with van der Waals surface area (Å²) in [7, 11) is 1.69. The molecule has 2 N–H and O–H groups in total. The number of aliphatic hydroxyl groups excluding tert-OH is 1. The molecule has 4 heteroatoms. The van der Waals surface area contributed by atoms with E-state index in [2.05, 4.69) is 11.4 Å². The Bertz CT molecular complexity index is 477. The van der Waals surface area contributed by atoms with Crippen LogP contribution in [0.1, 0.15) is 43.7 Å². The standard InChI is InChI=1S/C17H25NO3/c1-20-13-7-8-17-14(10-13)16(6-3-9-21-17)18-15-5-2-4-12(15)11-19/h7-8,10,12,15-16,18-19H,2-6,9,11H2,1H3. The van der Waals surface area contributed by atoms with Crippen LogP contribution in [0.4, 0.5) is 0 Å². The summed E-state index contributed by atoms with van der Waals surface area (Å²) in [5.74, 6) is 2.23. The maximum Gasteiger partial charge on any atom is 0.124 e. The molecule has 2 aliphatic rings. The van der Waals surface area contributed by atoms with Crippen LogP contribution in [-0.4, -0.2) is 31.5 Å². The second-order valence-corrected chi connectivity index (χ2v) is 6.09. The number of ether oxygens (including phenoxy) is 2. The number of aliphatic hydroxyl groups is 1. The molecule has 0 saturated heterocycles. The first-order valence-corrected chi connectivity index (χ1v) is 7.99. The minimum absolute atomic E-state index is 0.284. The van der Waals surface area contributed by atoms with Gasteiger partial charge >= 0.3 is 0 Å². The zero-order chi connectivity index (χ0) is 14.7. The molecule has 4 nitrogen and oxygen atoms in total. The van der Waals surface area contributed by atoms with Crippen LogP contribution in [0.2, 0.25) is 0 Å². The average Bonchev–Trinajstić information content (AvgIpc) is 2.87. The van der Waals surface area contributed by atoms with Crippen molar-refractivity contribution < 1.29 is 14.6 Å². The topological polar surface area (TPSA) is 50.7 Å². The van der Waals surface area contributed by atoms with Crippen molar-refractivity contribution in [1.82, 2.24) is 5.32 Å². The van der Waals surface area contributed by atoms with Crippen LogP contribution in [0, 0.1) is 5.92 Å².